The predicted molar refractivity (Wildman–Crippen MR) is 99.8 cm³/mol. The zero-order valence-corrected chi connectivity index (χ0v) is 15.6. The maximum Gasteiger partial charge on any atom is 0.231 e. The van der Waals surface area contributed by atoms with Crippen LogP contribution in [0, 0.1) is 5.92 Å². The SMILES string of the molecule is CCOc1ccc(C[NH+]2CCC[C@@H](C(=O)N3CCCCCC3)C2)cc1. The number of amides is 1. The summed E-state index contributed by atoms with van der Waals surface area (Å²) in [5, 5.41) is 0. The second-order valence-electron chi connectivity index (χ2n) is 7.54. The van der Waals surface area contributed by atoms with Crippen LogP contribution in [0.15, 0.2) is 24.3 Å². The van der Waals surface area contributed by atoms with E-state index in [4.69, 9.17) is 4.74 Å². The largest absolute Gasteiger partial charge is 0.494 e. The molecule has 4 heteroatoms. The molecule has 138 valence electrons. The van der Waals surface area contributed by atoms with Gasteiger partial charge in [0.1, 0.15) is 12.3 Å². The molecule has 0 radical (unpaired) electrons. The highest BCUT2D eigenvalue weighted by Gasteiger charge is 2.31. The molecule has 1 amide bonds. The first-order valence-corrected chi connectivity index (χ1v) is 10.1. The van der Waals surface area contributed by atoms with Gasteiger partial charge in [0, 0.05) is 18.7 Å². The van der Waals surface area contributed by atoms with Gasteiger partial charge in [-0.25, -0.2) is 0 Å². The third kappa shape index (κ3) is 5.21. The van der Waals surface area contributed by atoms with E-state index in [2.05, 4.69) is 29.2 Å². The number of quaternary nitrogens is 1. The van der Waals surface area contributed by atoms with Crippen LogP contribution in [0.3, 0.4) is 0 Å². The van der Waals surface area contributed by atoms with Crippen LogP contribution in [-0.4, -0.2) is 43.6 Å². The predicted octanol–water partition coefficient (Wildman–Crippen LogP) is 2.28. The van der Waals surface area contributed by atoms with Crippen LogP contribution in [0.5, 0.6) is 5.75 Å². The van der Waals surface area contributed by atoms with E-state index in [1.807, 2.05) is 6.92 Å². The Hall–Kier alpha value is -1.55. The summed E-state index contributed by atoms with van der Waals surface area (Å²) in [4.78, 5) is 16.6. The molecule has 1 N–H and O–H groups in total. The Morgan fingerprint density at radius 3 is 2.52 bits per heavy atom. The Kier molecular flexibility index (Phi) is 6.74. The molecule has 1 unspecified atom stereocenters. The molecule has 2 saturated heterocycles. The fraction of sp³-hybridized carbons (Fsp3) is 0.667. The van der Waals surface area contributed by atoms with Gasteiger partial charge >= 0.3 is 0 Å². The van der Waals surface area contributed by atoms with E-state index in [1.165, 1.54) is 37.8 Å². The summed E-state index contributed by atoms with van der Waals surface area (Å²) in [6.45, 7) is 7.84. The zero-order chi connectivity index (χ0) is 17.5. The smallest absolute Gasteiger partial charge is 0.231 e. The van der Waals surface area contributed by atoms with Crippen molar-refractivity contribution in [1.82, 2.24) is 4.90 Å². The van der Waals surface area contributed by atoms with Gasteiger partial charge in [0.2, 0.25) is 5.91 Å². The Labute approximate surface area is 152 Å². The average Bonchev–Trinajstić information content (AvgIpc) is 2.93. The maximum absolute atomic E-state index is 12.9. The van der Waals surface area contributed by atoms with Crippen LogP contribution in [-0.2, 0) is 11.3 Å². The normalized spacial score (nSPS) is 24.6. The molecule has 4 nitrogen and oxygen atoms in total. The van der Waals surface area contributed by atoms with E-state index in [1.54, 1.807) is 4.90 Å². The summed E-state index contributed by atoms with van der Waals surface area (Å²) in [6.07, 6.45) is 7.16. The van der Waals surface area contributed by atoms with Gasteiger partial charge in [-0.3, -0.25) is 4.79 Å². The number of benzene rings is 1. The summed E-state index contributed by atoms with van der Waals surface area (Å²) in [7, 11) is 0. The van der Waals surface area contributed by atoms with Gasteiger partial charge in [0.25, 0.3) is 0 Å². The Morgan fingerprint density at radius 1 is 1.12 bits per heavy atom. The van der Waals surface area contributed by atoms with Crippen molar-refractivity contribution in [2.45, 2.75) is 52.0 Å². The highest BCUT2D eigenvalue weighted by atomic mass is 16.5. The summed E-state index contributed by atoms with van der Waals surface area (Å²) >= 11 is 0. The number of nitrogens with zero attached hydrogens (tertiary/aromatic N) is 1. The fourth-order valence-electron chi connectivity index (χ4n) is 4.23. The van der Waals surface area contributed by atoms with Gasteiger partial charge in [0.15, 0.2) is 0 Å². The van der Waals surface area contributed by atoms with E-state index in [0.717, 1.165) is 44.8 Å². The van der Waals surface area contributed by atoms with Crippen molar-refractivity contribution in [2.24, 2.45) is 5.92 Å². The molecule has 0 saturated carbocycles. The first kappa shape index (κ1) is 18.2. The molecule has 1 aromatic rings. The molecule has 25 heavy (non-hydrogen) atoms. The molecule has 2 aliphatic heterocycles. The molecule has 2 aliphatic rings. The van der Waals surface area contributed by atoms with Crippen molar-refractivity contribution in [2.75, 3.05) is 32.8 Å². The zero-order valence-electron chi connectivity index (χ0n) is 15.6. The summed E-state index contributed by atoms with van der Waals surface area (Å²) < 4.78 is 5.52. The third-order valence-corrected chi connectivity index (χ3v) is 5.57. The first-order chi connectivity index (χ1) is 12.3. The second kappa shape index (κ2) is 9.23. The van der Waals surface area contributed by atoms with Crippen LogP contribution in [0.2, 0.25) is 0 Å². The monoisotopic (exact) mass is 345 g/mol. The van der Waals surface area contributed by atoms with Crippen molar-refractivity contribution in [1.29, 1.82) is 0 Å². The molecule has 0 aromatic heterocycles. The minimum absolute atomic E-state index is 0.226. The van der Waals surface area contributed by atoms with E-state index >= 15 is 0 Å². The van der Waals surface area contributed by atoms with E-state index in [9.17, 15) is 4.79 Å². The maximum atomic E-state index is 12.9. The van der Waals surface area contributed by atoms with Crippen molar-refractivity contribution >= 4 is 5.91 Å². The molecule has 2 atom stereocenters. The summed E-state index contributed by atoms with van der Waals surface area (Å²) in [6, 6.07) is 8.45. The molecular weight excluding hydrogens is 312 g/mol. The molecule has 3 rings (SSSR count). The number of ether oxygens (including phenoxy) is 1. The first-order valence-electron chi connectivity index (χ1n) is 10.1. The van der Waals surface area contributed by atoms with Crippen molar-refractivity contribution in [3.8, 4) is 5.75 Å². The Bertz CT molecular complexity index is 535. The lowest BCUT2D eigenvalue weighted by Crippen LogP contribution is -3.12. The number of carbonyl (C=O) groups excluding carboxylic acids is 1. The van der Waals surface area contributed by atoms with Crippen LogP contribution in [0.4, 0.5) is 0 Å². The number of carbonyl (C=O) groups is 1. The number of likely N-dealkylation sites (tertiary alicyclic amines) is 2. The second-order valence-corrected chi connectivity index (χ2v) is 7.54. The number of hydrogen-bond donors (Lipinski definition) is 1. The Morgan fingerprint density at radius 2 is 1.84 bits per heavy atom. The van der Waals surface area contributed by atoms with Crippen LogP contribution < -0.4 is 9.64 Å². The highest BCUT2D eigenvalue weighted by Crippen LogP contribution is 2.17. The standard InChI is InChI=1S/C21H32N2O2/c1-2-25-20-11-9-18(10-12-20)16-22-13-7-8-19(17-22)21(24)23-14-5-3-4-6-15-23/h9-12,19H,2-8,13-17H2,1H3/p+1/t19-/m1/s1. The van der Waals surface area contributed by atoms with Gasteiger partial charge in [-0.05, 0) is 56.9 Å². The fourth-order valence-corrected chi connectivity index (χ4v) is 4.23. The van der Waals surface area contributed by atoms with Crippen LogP contribution in [0.1, 0.15) is 51.0 Å². The molecule has 0 aliphatic carbocycles. The lowest BCUT2D eigenvalue weighted by molar-refractivity contribution is -0.921. The van der Waals surface area contributed by atoms with E-state index < -0.39 is 0 Å². The van der Waals surface area contributed by atoms with Gasteiger partial charge in [-0.15, -0.1) is 0 Å². The highest BCUT2D eigenvalue weighted by molar-refractivity contribution is 5.79. The van der Waals surface area contributed by atoms with E-state index in [0.29, 0.717) is 12.5 Å². The van der Waals surface area contributed by atoms with Crippen molar-refractivity contribution in [3.05, 3.63) is 29.8 Å². The Balaban J connectivity index is 1.54. The molecule has 2 fully saturated rings. The average molecular weight is 346 g/mol. The van der Waals surface area contributed by atoms with Gasteiger partial charge in [-0.2, -0.15) is 0 Å². The van der Waals surface area contributed by atoms with Crippen LogP contribution >= 0.6 is 0 Å². The lowest BCUT2D eigenvalue weighted by atomic mass is 9.96. The lowest BCUT2D eigenvalue weighted by Gasteiger charge is -2.32. The minimum Gasteiger partial charge on any atom is -0.494 e. The number of nitrogens with one attached hydrogen (secondary N) is 1. The quantitative estimate of drug-likeness (QED) is 0.888. The third-order valence-electron chi connectivity index (χ3n) is 5.57. The van der Waals surface area contributed by atoms with Gasteiger partial charge < -0.3 is 14.5 Å². The van der Waals surface area contributed by atoms with Gasteiger partial charge in [-0.1, -0.05) is 12.8 Å². The summed E-state index contributed by atoms with van der Waals surface area (Å²) in [5.41, 5.74) is 1.33. The van der Waals surface area contributed by atoms with Crippen molar-refractivity contribution in [3.63, 3.8) is 0 Å². The molecule has 0 bridgehead atoms. The summed E-state index contributed by atoms with van der Waals surface area (Å²) in [5.74, 6) is 1.59. The number of piperidine rings is 1. The molecule has 1 aromatic carbocycles. The molecular formula is C21H33N2O2+. The topological polar surface area (TPSA) is 34.0 Å². The van der Waals surface area contributed by atoms with Crippen LogP contribution in [0.25, 0.3) is 0 Å². The number of rotatable bonds is 5. The minimum atomic E-state index is 0.226. The van der Waals surface area contributed by atoms with Crippen molar-refractivity contribution < 1.29 is 14.4 Å². The van der Waals surface area contributed by atoms with Gasteiger partial charge in [0.05, 0.1) is 25.6 Å². The molecule has 0 spiro atoms. The number of hydrogen-bond acceptors (Lipinski definition) is 2. The molecule has 2 heterocycles. The van der Waals surface area contributed by atoms with E-state index in [-0.39, 0.29) is 5.92 Å².